The number of hydrogen-bond acceptors (Lipinski definition) is 5. The van der Waals surface area contributed by atoms with Gasteiger partial charge in [0.05, 0.1) is 30.6 Å². The smallest absolute Gasteiger partial charge is 0.0912 e. The molecular weight excluding hydrogens is 266 g/mol. The van der Waals surface area contributed by atoms with Crippen LogP contribution < -0.4 is 5.32 Å². The molecule has 1 aliphatic heterocycles. The van der Waals surface area contributed by atoms with Gasteiger partial charge in [0.2, 0.25) is 0 Å². The Hall–Kier alpha value is -0.980. The molecule has 1 saturated heterocycles. The van der Waals surface area contributed by atoms with Crippen molar-refractivity contribution in [3.05, 3.63) is 11.9 Å². The van der Waals surface area contributed by atoms with Crippen molar-refractivity contribution in [1.82, 2.24) is 25.2 Å². The van der Waals surface area contributed by atoms with Crippen LogP contribution in [0.3, 0.4) is 0 Å². The van der Waals surface area contributed by atoms with E-state index in [1.54, 1.807) is 0 Å². The second-order valence-electron chi connectivity index (χ2n) is 5.92. The molecule has 6 heteroatoms. The number of ether oxygens (including phenoxy) is 1. The van der Waals surface area contributed by atoms with Gasteiger partial charge in [-0.2, -0.15) is 0 Å². The van der Waals surface area contributed by atoms with E-state index in [4.69, 9.17) is 4.74 Å². The normalized spacial score (nSPS) is 21.9. The predicted octanol–water partition coefficient (Wildman–Crippen LogP) is 1.45. The zero-order chi connectivity index (χ0) is 15.2. The summed E-state index contributed by atoms with van der Waals surface area (Å²) in [7, 11) is 0. The highest BCUT2D eigenvalue weighted by Gasteiger charge is 2.31. The minimum atomic E-state index is 0.148. The van der Waals surface area contributed by atoms with Crippen molar-refractivity contribution in [3.8, 4) is 0 Å². The molecule has 120 valence electrons. The monoisotopic (exact) mass is 295 g/mol. The molecule has 2 unspecified atom stereocenters. The fraction of sp³-hybridized carbons (Fsp3) is 0.867. The lowest BCUT2D eigenvalue weighted by Gasteiger charge is -2.39. The van der Waals surface area contributed by atoms with E-state index in [-0.39, 0.29) is 12.1 Å². The molecule has 0 aromatic carbocycles. The number of morpholine rings is 1. The Balaban J connectivity index is 2.15. The number of aromatic nitrogens is 3. The predicted molar refractivity (Wildman–Crippen MR) is 83.2 cm³/mol. The minimum absolute atomic E-state index is 0.148. The summed E-state index contributed by atoms with van der Waals surface area (Å²) in [6.07, 6.45) is 3.08. The summed E-state index contributed by atoms with van der Waals surface area (Å²) in [6.45, 7) is 13.3. The van der Waals surface area contributed by atoms with Crippen molar-refractivity contribution < 1.29 is 4.74 Å². The first-order valence-corrected chi connectivity index (χ1v) is 8.14. The van der Waals surface area contributed by atoms with E-state index >= 15 is 0 Å². The Morgan fingerprint density at radius 3 is 2.90 bits per heavy atom. The molecule has 1 aliphatic rings. The molecule has 0 aliphatic carbocycles. The lowest BCUT2D eigenvalue weighted by Crippen LogP contribution is -2.50. The summed E-state index contributed by atoms with van der Waals surface area (Å²) in [5.74, 6) is 0. The van der Waals surface area contributed by atoms with Crippen LogP contribution in [0.25, 0.3) is 0 Å². The van der Waals surface area contributed by atoms with Crippen molar-refractivity contribution in [3.63, 3.8) is 0 Å². The van der Waals surface area contributed by atoms with E-state index in [9.17, 15) is 0 Å². The van der Waals surface area contributed by atoms with E-state index in [0.29, 0.717) is 6.04 Å². The van der Waals surface area contributed by atoms with Crippen molar-refractivity contribution in [2.75, 3.05) is 26.2 Å². The number of nitrogens with zero attached hydrogens (tertiary/aromatic N) is 4. The number of aryl methyl sites for hydroxylation is 1. The Bertz CT molecular complexity index is 420. The first-order chi connectivity index (χ1) is 10.2. The zero-order valence-electron chi connectivity index (χ0n) is 13.7. The molecule has 1 aromatic rings. The standard InChI is InChI=1S/C15H29N5O/c1-5-7-20-13(10-17-18-20)15(16-6-2)14-11-19(12(3)4)8-9-21-14/h10,12,14-16H,5-9,11H2,1-4H3. The fourth-order valence-corrected chi connectivity index (χ4v) is 2.91. The topological polar surface area (TPSA) is 55.2 Å². The molecule has 1 aromatic heterocycles. The third-order valence-corrected chi connectivity index (χ3v) is 4.05. The third kappa shape index (κ3) is 4.02. The molecule has 2 rings (SSSR count). The largest absolute Gasteiger partial charge is 0.374 e. The molecule has 0 amide bonds. The molecule has 0 radical (unpaired) electrons. The molecule has 21 heavy (non-hydrogen) atoms. The van der Waals surface area contributed by atoms with Crippen LogP contribution in [0, 0.1) is 0 Å². The first kappa shape index (κ1) is 16.4. The maximum Gasteiger partial charge on any atom is 0.0912 e. The van der Waals surface area contributed by atoms with Crippen molar-refractivity contribution in [2.24, 2.45) is 0 Å². The van der Waals surface area contributed by atoms with Gasteiger partial charge in [0.15, 0.2) is 0 Å². The van der Waals surface area contributed by atoms with Gasteiger partial charge in [-0.15, -0.1) is 5.10 Å². The first-order valence-electron chi connectivity index (χ1n) is 8.14. The highest BCUT2D eigenvalue weighted by Crippen LogP contribution is 2.23. The summed E-state index contributed by atoms with van der Waals surface area (Å²) in [5, 5.41) is 11.9. The molecule has 0 bridgehead atoms. The lowest BCUT2D eigenvalue weighted by molar-refractivity contribution is -0.0571. The SMILES string of the molecule is CCCn1nncc1C(NCC)C1CN(C(C)C)CCO1. The van der Waals surface area contributed by atoms with Crippen molar-refractivity contribution in [1.29, 1.82) is 0 Å². The fourth-order valence-electron chi connectivity index (χ4n) is 2.91. The molecular formula is C15H29N5O. The van der Waals surface area contributed by atoms with Crippen LogP contribution in [0.15, 0.2) is 6.20 Å². The third-order valence-electron chi connectivity index (χ3n) is 4.05. The molecule has 1 N–H and O–H groups in total. The van der Waals surface area contributed by atoms with Gasteiger partial charge < -0.3 is 10.1 Å². The van der Waals surface area contributed by atoms with Gasteiger partial charge in [-0.1, -0.05) is 19.1 Å². The maximum absolute atomic E-state index is 6.06. The average Bonchev–Trinajstić information content (AvgIpc) is 2.93. The van der Waals surface area contributed by atoms with Gasteiger partial charge in [0.25, 0.3) is 0 Å². The summed E-state index contributed by atoms with van der Waals surface area (Å²) < 4.78 is 8.06. The van der Waals surface area contributed by atoms with Gasteiger partial charge in [0.1, 0.15) is 0 Å². The van der Waals surface area contributed by atoms with Gasteiger partial charge in [-0.05, 0) is 26.8 Å². The number of nitrogens with one attached hydrogen (secondary N) is 1. The second-order valence-corrected chi connectivity index (χ2v) is 5.92. The molecule has 2 heterocycles. The summed E-state index contributed by atoms with van der Waals surface area (Å²) >= 11 is 0. The highest BCUT2D eigenvalue weighted by molar-refractivity contribution is 5.06. The Morgan fingerprint density at radius 2 is 2.24 bits per heavy atom. The van der Waals surface area contributed by atoms with E-state index in [1.165, 1.54) is 0 Å². The highest BCUT2D eigenvalue weighted by atomic mass is 16.5. The van der Waals surface area contributed by atoms with Crippen LogP contribution >= 0.6 is 0 Å². The van der Waals surface area contributed by atoms with E-state index in [2.05, 4.69) is 48.2 Å². The van der Waals surface area contributed by atoms with Gasteiger partial charge in [-0.3, -0.25) is 4.90 Å². The zero-order valence-corrected chi connectivity index (χ0v) is 13.7. The molecule has 0 saturated carbocycles. The van der Waals surface area contributed by atoms with Crippen LogP contribution in [0.4, 0.5) is 0 Å². The quantitative estimate of drug-likeness (QED) is 0.825. The molecule has 6 nitrogen and oxygen atoms in total. The maximum atomic E-state index is 6.06. The average molecular weight is 295 g/mol. The number of hydrogen-bond donors (Lipinski definition) is 1. The molecule has 2 atom stereocenters. The Morgan fingerprint density at radius 1 is 1.43 bits per heavy atom. The van der Waals surface area contributed by atoms with Gasteiger partial charge in [-0.25, -0.2) is 4.68 Å². The van der Waals surface area contributed by atoms with E-state index in [0.717, 1.165) is 44.9 Å². The molecule has 0 spiro atoms. The summed E-state index contributed by atoms with van der Waals surface area (Å²) in [5.41, 5.74) is 1.13. The molecule has 1 fully saturated rings. The van der Waals surface area contributed by atoms with Crippen LogP contribution in [0.5, 0.6) is 0 Å². The lowest BCUT2D eigenvalue weighted by atomic mass is 10.0. The second kappa shape index (κ2) is 7.87. The summed E-state index contributed by atoms with van der Waals surface area (Å²) in [4.78, 5) is 2.48. The van der Waals surface area contributed by atoms with Crippen LogP contribution in [0.2, 0.25) is 0 Å². The Labute approximate surface area is 127 Å². The number of rotatable bonds is 7. The van der Waals surface area contributed by atoms with Gasteiger partial charge >= 0.3 is 0 Å². The minimum Gasteiger partial charge on any atom is -0.374 e. The summed E-state index contributed by atoms with van der Waals surface area (Å²) in [6, 6.07) is 0.704. The van der Waals surface area contributed by atoms with E-state index < -0.39 is 0 Å². The number of likely N-dealkylation sites (N-methyl/N-ethyl adjacent to an activating group) is 1. The Kier molecular flexibility index (Phi) is 6.14. The van der Waals surface area contributed by atoms with E-state index in [1.807, 2.05) is 10.9 Å². The van der Waals surface area contributed by atoms with Crippen LogP contribution in [-0.4, -0.2) is 58.3 Å². The van der Waals surface area contributed by atoms with Crippen LogP contribution in [-0.2, 0) is 11.3 Å². The van der Waals surface area contributed by atoms with Gasteiger partial charge in [0, 0.05) is 25.7 Å². The van der Waals surface area contributed by atoms with Crippen molar-refractivity contribution in [2.45, 2.75) is 58.8 Å². The van der Waals surface area contributed by atoms with Crippen molar-refractivity contribution >= 4 is 0 Å². The van der Waals surface area contributed by atoms with Crippen LogP contribution in [0.1, 0.15) is 45.9 Å².